The Morgan fingerprint density at radius 2 is 1.72 bits per heavy atom. The number of Topliss-reactive ketones (excluding diaryl/α,β-unsaturated/α-hetero) is 1. The maximum Gasteiger partial charge on any atom is 0.295 e. The van der Waals surface area contributed by atoms with Gasteiger partial charge in [0, 0.05) is 31.7 Å². The van der Waals surface area contributed by atoms with Gasteiger partial charge in [0.15, 0.2) is 0 Å². The molecule has 0 saturated carbocycles. The van der Waals surface area contributed by atoms with Gasteiger partial charge in [-0.15, -0.1) is 0 Å². The number of rotatable bonds is 11. The fourth-order valence-electron chi connectivity index (χ4n) is 5.06. The molecule has 8 heteroatoms. The van der Waals surface area contributed by atoms with Crippen LogP contribution in [0.3, 0.4) is 0 Å². The number of hydrogen-bond acceptors (Lipinski definition) is 7. The normalized spacial score (nSPS) is 19.6. The number of ether oxygens (including phenoxy) is 3. The van der Waals surface area contributed by atoms with Crippen LogP contribution in [-0.2, 0) is 14.3 Å². The van der Waals surface area contributed by atoms with Gasteiger partial charge >= 0.3 is 0 Å². The van der Waals surface area contributed by atoms with E-state index in [1.54, 1.807) is 17.0 Å². The summed E-state index contributed by atoms with van der Waals surface area (Å²) in [7, 11) is 0. The average Bonchev–Trinajstić information content (AvgIpc) is 3.18. The second-order valence-corrected chi connectivity index (χ2v) is 10.5. The van der Waals surface area contributed by atoms with Crippen LogP contribution in [0.5, 0.6) is 11.5 Å². The second kappa shape index (κ2) is 13.1. The molecule has 0 spiro atoms. The fraction of sp³-hybridized carbons (Fsp3) is 0.484. The Labute approximate surface area is 231 Å². The van der Waals surface area contributed by atoms with Crippen LogP contribution in [0.15, 0.2) is 48.0 Å². The quantitative estimate of drug-likeness (QED) is 0.256. The molecule has 1 amide bonds. The van der Waals surface area contributed by atoms with Crippen molar-refractivity contribution in [3.8, 4) is 11.5 Å². The van der Waals surface area contributed by atoms with Gasteiger partial charge in [-0.1, -0.05) is 26.0 Å². The zero-order chi connectivity index (χ0) is 27.9. The highest BCUT2D eigenvalue weighted by molar-refractivity contribution is 6.46. The first-order valence-electron chi connectivity index (χ1n) is 13.8. The van der Waals surface area contributed by atoms with Gasteiger partial charge in [0.05, 0.1) is 38.0 Å². The van der Waals surface area contributed by atoms with Crippen molar-refractivity contribution >= 4 is 17.4 Å². The smallest absolute Gasteiger partial charge is 0.295 e. The van der Waals surface area contributed by atoms with Gasteiger partial charge in [-0.3, -0.25) is 14.5 Å². The predicted octanol–water partition coefficient (Wildman–Crippen LogP) is 4.57. The average molecular weight is 537 g/mol. The standard InChI is InChI=1S/C31H40N2O6/c1-5-38-24-9-7-23(8-10-24)28-27(29(34)26-12-11-25(19-22(26)4)39-20-21(2)3)30(35)31(36)33(28)14-6-13-32-15-17-37-18-16-32/h7-12,19,21,28,34H,5-6,13-18,20H2,1-4H3/t28-/m1/s1. The molecule has 2 heterocycles. The monoisotopic (exact) mass is 536 g/mol. The van der Waals surface area contributed by atoms with Crippen LogP contribution in [0.2, 0.25) is 0 Å². The van der Waals surface area contributed by atoms with Crippen molar-refractivity contribution in [2.45, 2.75) is 40.2 Å². The molecule has 2 aromatic carbocycles. The second-order valence-electron chi connectivity index (χ2n) is 10.5. The predicted molar refractivity (Wildman–Crippen MR) is 150 cm³/mol. The summed E-state index contributed by atoms with van der Waals surface area (Å²) in [5, 5.41) is 11.5. The van der Waals surface area contributed by atoms with Crippen molar-refractivity contribution in [2.24, 2.45) is 5.92 Å². The molecule has 39 heavy (non-hydrogen) atoms. The van der Waals surface area contributed by atoms with Gasteiger partial charge in [-0.05, 0) is 67.6 Å². The highest BCUT2D eigenvalue weighted by Gasteiger charge is 2.46. The molecule has 0 radical (unpaired) electrons. The van der Waals surface area contributed by atoms with E-state index in [1.165, 1.54) is 0 Å². The number of likely N-dealkylation sites (tertiary alicyclic amines) is 1. The van der Waals surface area contributed by atoms with Crippen LogP contribution in [0.1, 0.15) is 49.9 Å². The summed E-state index contributed by atoms with van der Waals surface area (Å²) in [6.07, 6.45) is 0.710. The molecule has 2 aromatic rings. The molecule has 0 aliphatic carbocycles. The molecule has 8 nitrogen and oxygen atoms in total. The van der Waals surface area contributed by atoms with Gasteiger partial charge in [0.25, 0.3) is 11.7 Å². The van der Waals surface area contributed by atoms with E-state index >= 15 is 0 Å². The van der Waals surface area contributed by atoms with E-state index in [0.29, 0.717) is 62.4 Å². The van der Waals surface area contributed by atoms with Crippen LogP contribution in [0.25, 0.3) is 5.76 Å². The summed E-state index contributed by atoms with van der Waals surface area (Å²) < 4.78 is 16.9. The fourth-order valence-corrected chi connectivity index (χ4v) is 5.06. The van der Waals surface area contributed by atoms with E-state index in [0.717, 1.165) is 30.8 Å². The van der Waals surface area contributed by atoms with Crippen molar-refractivity contribution in [3.05, 3.63) is 64.7 Å². The minimum Gasteiger partial charge on any atom is -0.507 e. The highest BCUT2D eigenvalue weighted by Crippen LogP contribution is 2.40. The van der Waals surface area contributed by atoms with Gasteiger partial charge in [0.1, 0.15) is 17.3 Å². The first kappa shape index (κ1) is 28.6. The molecule has 2 aliphatic heterocycles. The molecule has 0 aromatic heterocycles. The highest BCUT2D eigenvalue weighted by atomic mass is 16.5. The molecular weight excluding hydrogens is 496 g/mol. The number of amides is 1. The molecule has 210 valence electrons. The summed E-state index contributed by atoms with van der Waals surface area (Å²) in [4.78, 5) is 30.6. The maximum absolute atomic E-state index is 13.4. The Kier molecular flexibility index (Phi) is 9.64. The number of nitrogens with zero attached hydrogens (tertiary/aromatic N) is 2. The molecule has 0 bridgehead atoms. The Morgan fingerprint density at radius 3 is 2.36 bits per heavy atom. The Hall–Kier alpha value is -3.36. The van der Waals surface area contributed by atoms with Crippen LogP contribution in [0.4, 0.5) is 0 Å². The third kappa shape index (κ3) is 6.81. The third-order valence-corrected chi connectivity index (χ3v) is 7.06. The van der Waals surface area contributed by atoms with Gasteiger partial charge in [-0.25, -0.2) is 0 Å². The minimum absolute atomic E-state index is 0.106. The van der Waals surface area contributed by atoms with Crippen molar-refractivity contribution < 1.29 is 28.9 Å². The lowest BCUT2D eigenvalue weighted by atomic mass is 9.93. The van der Waals surface area contributed by atoms with Crippen molar-refractivity contribution in [2.75, 3.05) is 52.6 Å². The van der Waals surface area contributed by atoms with E-state index in [-0.39, 0.29) is 11.3 Å². The van der Waals surface area contributed by atoms with Crippen molar-refractivity contribution in [1.29, 1.82) is 0 Å². The van der Waals surface area contributed by atoms with Crippen LogP contribution >= 0.6 is 0 Å². The van der Waals surface area contributed by atoms with Crippen LogP contribution in [-0.4, -0.2) is 79.2 Å². The summed E-state index contributed by atoms with van der Waals surface area (Å²) in [5.41, 5.74) is 2.13. The van der Waals surface area contributed by atoms with Gasteiger partial charge in [0.2, 0.25) is 0 Å². The molecule has 2 fully saturated rings. The SMILES string of the molecule is CCOc1ccc([C@@H]2C(=C(O)c3ccc(OCC(C)C)cc3C)C(=O)C(=O)N2CCCN2CCOCC2)cc1. The topological polar surface area (TPSA) is 88.5 Å². The zero-order valence-electron chi connectivity index (χ0n) is 23.4. The third-order valence-electron chi connectivity index (χ3n) is 7.06. The lowest BCUT2D eigenvalue weighted by molar-refractivity contribution is -0.140. The molecule has 1 N–H and O–H groups in total. The maximum atomic E-state index is 13.4. The number of aryl methyl sites for hydroxylation is 1. The molecule has 2 aliphatic rings. The van der Waals surface area contributed by atoms with E-state index in [2.05, 4.69) is 18.7 Å². The van der Waals surface area contributed by atoms with Crippen LogP contribution in [0, 0.1) is 12.8 Å². The number of hydrogen-bond donors (Lipinski definition) is 1. The van der Waals surface area contributed by atoms with E-state index in [9.17, 15) is 14.7 Å². The lowest BCUT2D eigenvalue weighted by Crippen LogP contribution is -2.38. The number of aliphatic hydroxyl groups excluding tert-OH is 1. The molecule has 2 saturated heterocycles. The number of ketones is 1. The first-order valence-corrected chi connectivity index (χ1v) is 13.8. The van der Waals surface area contributed by atoms with Crippen molar-refractivity contribution in [3.63, 3.8) is 0 Å². The number of morpholine rings is 1. The molecule has 0 unspecified atom stereocenters. The van der Waals surface area contributed by atoms with Crippen LogP contribution < -0.4 is 9.47 Å². The molecule has 1 atom stereocenters. The Bertz CT molecular complexity index is 1180. The number of benzene rings is 2. The molecule has 4 rings (SSSR count). The Morgan fingerprint density at radius 1 is 1.03 bits per heavy atom. The summed E-state index contributed by atoms with van der Waals surface area (Å²) in [6, 6.07) is 12.1. The summed E-state index contributed by atoms with van der Waals surface area (Å²) in [6.45, 7) is 13.4. The zero-order valence-corrected chi connectivity index (χ0v) is 23.4. The van der Waals surface area contributed by atoms with E-state index < -0.39 is 17.7 Å². The summed E-state index contributed by atoms with van der Waals surface area (Å²) in [5.74, 6) is 0.356. The largest absolute Gasteiger partial charge is 0.507 e. The number of carbonyl (C=O) groups excluding carboxylic acids is 2. The Balaban J connectivity index is 1.66. The first-order chi connectivity index (χ1) is 18.8. The minimum atomic E-state index is -0.693. The van der Waals surface area contributed by atoms with Gasteiger partial charge < -0.3 is 24.2 Å². The lowest BCUT2D eigenvalue weighted by Gasteiger charge is -2.29. The van der Waals surface area contributed by atoms with E-state index in [1.807, 2.05) is 44.2 Å². The van der Waals surface area contributed by atoms with Crippen molar-refractivity contribution in [1.82, 2.24) is 9.80 Å². The number of aliphatic hydroxyl groups is 1. The number of carbonyl (C=O) groups is 2. The van der Waals surface area contributed by atoms with Gasteiger partial charge in [-0.2, -0.15) is 0 Å². The van der Waals surface area contributed by atoms with E-state index in [4.69, 9.17) is 14.2 Å². The summed E-state index contributed by atoms with van der Waals surface area (Å²) >= 11 is 0. The molecular formula is C31H40N2O6.